The number of rotatable bonds is 4. The smallest absolute Gasteiger partial charge is 0.256 e. The van der Waals surface area contributed by atoms with E-state index >= 15 is 0 Å². The van der Waals surface area contributed by atoms with Crippen molar-refractivity contribution in [2.24, 2.45) is 0 Å². The van der Waals surface area contributed by atoms with Crippen LogP contribution in [-0.4, -0.2) is 5.91 Å². The fraction of sp³-hybridized carbons (Fsp3) is 0.261. The number of benzene rings is 2. The first-order valence-electron chi connectivity index (χ1n) is 9.77. The van der Waals surface area contributed by atoms with E-state index in [1.54, 1.807) is 11.3 Å². The Morgan fingerprint density at radius 2 is 1.75 bits per heavy atom. The van der Waals surface area contributed by atoms with E-state index in [2.05, 4.69) is 10.6 Å². The maximum atomic E-state index is 12.9. The van der Waals surface area contributed by atoms with Gasteiger partial charge in [-0.2, -0.15) is 0 Å². The molecule has 142 valence electrons. The average Bonchev–Trinajstić information content (AvgIpc) is 3.12. The molecule has 1 atom stereocenters. The van der Waals surface area contributed by atoms with Crippen molar-refractivity contribution in [3.05, 3.63) is 81.7 Å². The van der Waals surface area contributed by atoms with Crippen LogP contribution in [0.25, 0.3) is 0 Å². The summed E-state index contributed by atoms with van der Waals surface area (Å²) in [7, 11) is 0. The van der Waals surface area contributed by atoms with Gasteiger partial charge in [-0.15, -0.1) is 11.3 Å². The Balaban J connectivity index is 1.41. The van der Waals surface area contributed by atoms with E-state index in [1.807, 2.05) is 54.6 Å². The molecule has 4 nitrogen and oxygen atoms in total. The Labute approximate surface area is 168 Å². The second kappa shape index (κ2) is 7.32. The van der Waals surface area contributed by atoms with Gasteiger partial charge >= 0.3 is 0 Å². The summed E-state index contributed by atoms with van der Waals surface area (Å²) in [5, 5.41) is 7.68. The zero-order valence-electron chi connectivity index (χ0n) is 15.5. The van der Waals surface area contributed by atoms with Gasteiger partial charge in [-0.1, -0.05) is 48.5 Å². The summed E-state index contributed by atoms with van der Waals surface area (Å²) in [5.74, 6) is 0.810. The van der Waals surface area contributed by atoms with Gasteiger partial charge in [0.2, 0.25) is 0 Å². The zero-order chi connectivity index (χ0) is 18.9. The number of aryl methyl sites for hydroxylation is 1. The summed E-state index contributed by atoms with van der Waals surface area (Å²) in [6, 6.07) is 18.0. The first-order valence-corrected chi connectivity index (χ1v) is 10.6. The molecule has 1 amide bonds. The van der Waals surface area contributed by atoms with E-state index in [1.165, 1.54) is 23.3 Å². The number of fused-ring (bicyclic) bond motifs is 3. The molecule has 0 spiro atoms. The first-order chi connectivity index (χ1) is 13.8. The van der Waals surface area contributed by atoms with Crippen LogP contribution in [0.1, 0.15) is 50.9 Å². The number of para-hydroxylation sites is 1. The van der Waals surface area contributed by atoms with E-state index in [9.17, 15) is 4.79 Å². The van der Waals surface area contributed by atoms with E-state index < -0.39 is 0 Å². The summed E-state index contributed by atoms with van der Waals surface area (Å²) in [5.41, 5.74) is 4.18. The minimum Gasteiger partial charge on any atom is -0.488 e. The molecule has 0 bridgehead atoms. The number of carbonyl (C=O) groups is 1. The molecule has 2 heterocycles. The van der Waals surface area contributed by atoms with Crippen molar-refractivity contribution in [3.8, 4) is 5.75 Å². The second-order valence-corrected chi connectivity index (χ2v) is 8.38. The third-order valence-electron chi connectivity index (χ3n) is 5.42. The van der Waals surface area contributed by atoms with Crippen LogP contribution in [0.5, 0.6) is 5.75 Å². The minimum atomic E-state index is -0.285. The highest BCUT2D eigenvalue weighted by Gasteiger charge is 2.32. The van der Waals surface area contributed by atoms with Crippen molar-refractivity contribution in [1.29, 1.82) is 0 Å². The largest absolute Gasteiger partial charge is 0.488 e. The molecule has 0 radical (unpaired) electrons. The normalized spacial score (nSPS) is 17.9. The molecule has 0 unspecified atom stereocenters. The minimum absolute atomic E-state index is 0.0241. The van der Waals surface area contributed by atoms with Gasteiger partial charge in [-0.3, -0.25) is 4.79 Å². The van der Waals surface area contributed by atoms with E-state index in [0.29, 0.717) is 6.61 Å². The molecule has 1 aliphatic carbocycles. The Hall–Kier alpha value is -2.79. The van der Waals surface area contributed by atoms with Gasteiger partial charge in [-0.05, 0) is 42.9 Å². The highest BCUT2D eigenvalue weighted by atomic mass is 32.1. The highest BCUT2D eigenvalue weighted by Crippen LogP contribution is 2.42. The fourth-order valence-electron chi connectivity index (χ4n) is 4.02. The summed E-state index contributed by atoms with van der Waals surface area (Å²) in [4.78, 5) is 14.3. The van der Waals surface area contributed by atoms with Crippen LogP contribution in [0.4, 0.5) is 5.00 Å². The second-order valence-electron chi connectivity index (χ2n) is 7.28. The van der Waals surface area contributed by atoms with E-state index in [-0.39, 0.29) is 12.1 Å². The molecule has 2 aromatic carbocycles. The Bertz CT molecular complexity index is 1010. The maximum absolute atomic E-state index is 12.9. The average molecular weight is 391 g/mol. The van der Waals surface area contributed by atoms with Crippen LogP contribution < -0.4 is 15.4 Å². The number of anilines is 1. The van der Waals surface area contributed by atoms with Gasteiger partial charge in [0.1, 0.15) is 23.5 Å². The molecule has 1 aromatic heterocycles. The van der Waals surface area contributed by atoms with Gasteiger partial charge in [0.05, 0.1) is 5.56 Å². The topological polar surface area (TPSA) is 50.4 Å². The lowest BCUT2D eigenvalue weighted by Crippen LogP contribution is -2.38. The highest BCUT2D eigenvalue weighted by molar-refractivity contribution is 7.16. The molecule has 3 aromatic rings. The van der Waals surface area contributed by atoms with Gasteiger partial charge in [0.15, 0.2) is 0 Å². The third kappa shape index (κ3) is 3.16. The van der Waals surface area contributed by atoms with Gasteiger partial charge < -0.3 is 15.4 Å². The zero-order valence-corrected chi connectivity index (χ0v) is 16.4. The van der Waals surface area contributed by atoms with Crippen molar-refractivity contribution in [2.75, 3.05) is 5.32 Å². The quantitative estimate of drug-likeness (QED) is 0.655. The number of nitrogens with one attached hydrogen (secondary N) is 2. The Morgan fingerprint density at radius 3 is 2.64 bits per heavy atom. The Kier molecular flexibility index (Phi) is 4.53. The van der Waals surface area contributed by atoms with Crippen LogP contribution >= 0.6 is 11.3 Å². The lowest BCUT2D eigenvalue weighted by atomic mass is 9.94. The molecular formula is C23H22N2O2S. The van der Waals surface area contributed by atoms with Gasteiger partial charge in [-0.25, -0.2) is 0 Å². The SMILES string of the molecule is O=C1N[C@@H](c2ccccc2OCc2ccccc2)Nc2sc3c(c21)CCCC3. The predicted octanol–water partition coefficient (Wildman–Crippen LogP) is 5.06. The van der Waals surface area contributed by atoms with Crippen molar-refractivity contribution < 1.29 is 9.53 Å². The summed E-state index contributed by atoms with van der Waals surface area (Å²) in [6.45, 7) is 0.497. The fourth-order valence-corrected chi connectivity index (χ4v) is 5.33. The number of thiophene rings is 1. The molecule has 28 heavy (non-hydrogen) atoms. The lowest BCUT2D eigenvalue weighted by molar-refractivity contribution is 0.0934. The first kappa shape index (κ1) is 17.3. The third-order valence-corrected chi connectivity index (χ3v) is 6.64. The maximum Gasteiger partial charge on any atom is 0.256 e. The number of hydrogen-bond acceptors (Lipinski definition) is 4. The van der Waals surface area contributed by atoms with Crippen LogP contribution in [0.3, 0.4) is 0 Å². The summed E-state index contributed by atoms with van der Waals surface area (Å²) >= 11 is 1.74. The van der Waals surface area contributed by atoms with Crippen molar-refractivity contribution >= 4 is 22.2 Å². The molecule has 0 saturated heterocycles. The molecule has 2 aliphatic rings. The lowest BCUT2D eigenvalue weighted by Gasteiger charge is -2.28. The summed E-state index contributed by atoms with van der Waals surface area (Å²) < 4.78 is 6.09. The predicted molar refractivity (Wildman–Crippen MR) is 112 cm³/mol. The van der Waals surface area contributed by atoms with Crippen LogP contribution in [0.15, 0.2) is 54.6 Å². The number of hydrogen-bond donors (Lipinski definition) is 2. The van der Waals surface area contributed by atoms with Crippen LogP contribution in [-0.2, 0) is 19.4 Å². The van der Waals surface area contributed by atoms with Crippen LogP contribution in [0.2, 0.25) is 0 Å². The monoisotopic (exact) mass is 390 g/mol. The van der Waals surface area contributed by atoms with Gasteiger partial charge in [0.25, 0.3) is 5.91 Å². The van der Waals surface area contributed by atoms with Crippen molar-refractivity contribution in [1.82, 2.24) is 5.32 Å². The number of ether oxygens (including phenoxy) is 1. The van der Waals surface area contributed by atoms with E-state index in [0.717, 1.165) is 40.3 Å². The molecular weight excluding hydrogens is 368 g/mol. The molecule has 0 fully saturated rings. The number of amides is 1. The molecule has 2 N–H and O–H groups in total. The van der Waals surface area contributed by atoms with E-state index in [4.69, 9.17) is 4.74 Å². The Morgan fingerprint density at radius 1 is 0.964 bits per heavy atom. The molecule has 1 aliphatic heterocycles. The standard InChI is InChI=1S/C23H22N2O2S/c26-22-20-17-11-5-7-13-19(17)28-23(20)25-21(24-22)16-10-4-6-12-18(16)27-14-15-8-2-1-3-9-15/h1-4,6,8-10,12,21,25H,5,7,11,13-14H2,(H,24,26)/t21-/m1/s1. The number of carbonyl (C=O) groups excluding carboxylic acids is 1. The van der Waals surface area contributed by atoms with Crippen molar-refractivity contribution in [3.63, 3.8) is 0 Å². The van der Waals surface area contributed by atoms with Crippen molar-refractivity contribution in [2.45, 2.75) is 38.5 Å². The molecule has 5 rings (SSSR count). The van der Waals surface area contributed by atoms with Gasteiger partial charge in [0, 0.05) is 10.4 Å². The molecule has 5 heteroatoms. The van der Waals surface area contributed by atoms with Crippen LogP contribution in [0, 0.1) is 0 Å². The molecule has 0 saturated carbocycles. The summed E-state index contributed by atoms with van der Waals surface area (Å²) in [6.07, 6.45) is 4.20.